The molecule has 32 heavy (non-hydrogen) atoms. The van der Waals surface area contributed by atoms with Crippen molar-refractivity contribution in [2.45, 2.75) is 13.3 Å². The van der Waals surface area contributed by atoms with Crippen LogP contribution >= 0.6 is 0 Å². The van der Waals surface area contributed by atoms with E-state index in [1.807, 2.05) is 31.2 Å². The number of nitrogens with one attached hydrogen (secondary N) is 2. The number of fused-ring (bicyclic) bond motifs is 1. The number of methoxy groups -OCH3 is 1. The van der Waals surface area contributed by atoms with E-state index in [1.165, 1.54) is 0 Å². The van der Waals surface area contributed by atoms with Crippen LogP contribution in [-0.2, 0) is 4.74 Å². The maximum Gasteiger partial charge on any atom is 0.251 e. The van der Waals surface area contributed by atoms with E-state index in [-0.39, 0.29) is 5.91 Å². The Labute approximate surface area is 188 Å². The van der Waals surface area contributed by atoms with Crippen LogP contribution in [-0.4, -0.2) is 67.3 Å². The van der Waals surface area contributed by atoms with Gasteiger partial charge in [0.15, 0.2) is 0 Å². The van der Waals surface area contributed by atoms with Crippen molar-refractivity contribution in [3.63, 3.8) is 0 Å². The maximum absolute atomic E-state index is 12.6. The largest absolute Gasteiger partial charge is 0.495 e. The van der Waals surface area contributed by atoms with Gasteiger partial charge in [-0.3, -0.25) is 9.69 Å². The first-order valence-electron chi connectivity index (χ1n) is 10.9. The van der Waals surface area contributed by atoms with Crippen LogP contribution in [0.25, 0.3) is 10.9 Å². The summed E-state index contributed by atoms with van der Waals surface area (Å²) in [5, 5.41) is 7.18. The van der Waals surface area contributed by atoms with Gasteiger partial charge in [-0.25, -0.2) is 9.97 Å². The molecule has 0 aliphatic carbocycles. The first-order chi connectivity index (χ1) is 15.6. The number of hydrogen-bond donors (Lipinski definition) is 2. The summed E-state index contributed by atoms with van der Waals surface area (Å²) in [6.45, 7) is 7.10. The van der Waals surface area contributed by atoms with Crippen molar-refractivity contribution in [1.82, 2.24) is 20.2 Å². The Morgan fingerprint density at radius 1 is 1.22 bits per heavy atom. The van der Waals surface area contributed by atoms with E-state index < -0.39 is 0 Å². The molecule has 168 valence electrons. The fourth-order valence-corrected chi connectivity index (χ4v) is 3.75. The highest BCUT2D eigenvalue weighted by molar-refractivity contribution is 5.95. The summed E-state index contributed by atoms with van der Waals surface area (Å²) in [4.78, 5) is 23.9. The molecule has 0 bridgehead atoms. The number of nitrogens with zero attached hydrogens (tertiary/aromatic N) is 3. The van der Waals surface area contributed by atoms with E-state index in [0.29, 0.717) is 29.5 Å². The monoisotopic (exact) mass is 435 g/mol. The predicted octanol–water partition coefficient (Wildman–Crippen LogP) is 3.14. The second-order valence-corrected chi connectivity index (χ2v) is 7.81. The van der Waals surface area contributed by atoms with Crippen molar-refractivity contribution in [3.8, 4) is 5.75 Å². The SMILES string of the molecule is COc1cc(C(=O)NCCCN2CCOCC2)ccc1Nc1ncc2cccc(C)c2n1. The summed E-state index contributed by atoms with van der Waals surface area (Å²) in [6.07, 6.45) is 2.70. The van der Waals surface area contributed by atoms with Gasteiger partial charge in [0.05, 0.1) is 31.5 Å². The molecule has 0 saturated carbocycles. The molecule has 3 aromatic rings. The van der Waals surface area contributed by atoms with Crippen molar-refractivity contribution in [3.05, 3.63) is 53.7 Å². The van der Waals surface area contributed by atoms with Crippen LogP contribution in [0, 0.1) is 6.92 Å². The van der Waals surface area contributed by atoms with E-state index in [9.17, 15) is 4.79 Å². The van der Waals surface area contributed by atoms with Crippen LogP contribution in [0.15, 0.2) is 42.6 Å². The summed E-state index contributed by atoms with van der Waals surface area (Å²) in [6, 6.07) is 11.3. The third-order valence-corrected chi connectivity index (χ3v) is 5.56. The highest BCUT2D eigenvalue weighted by atomic mass is 16.5. The lowest BCUT2D eigenvalue weighted by molar-refractivity contribution is 0.0374. The molecule has 1 aromatic heterocycles. The molecule has 1 saturated heterocycles. The lowest BCUT2D eigenvalue weighted by atomic mass is 10.1. The first kappa shape index (κ1) is 22.0. The number of ether oxygens (including phenoxy) is 2. The topological polar surface area (TPSA) is 88.6 Å². The van der Waals surface area contributed by atoms with E-state index in [2.05, 4.69) is 25.5 Å². The Morgan fingerprint density at radius 3 is 2.88 bits per heavy atom. The van der Waals surface area contributed by atoms with Crippen LogP contribution in [0.4, 0.5) is 11.6 Å². The number of amides is 1. The molecule has 1 aliphatic heterocycles. The third kappa shape index (κ3) is 5.33. The number of anilines is 2. The van der Waals surface area contributed by atoms with Gasteiger partial charge >= 0.3 is 0 Å². The van der Waals surface area contributed by atoms with Gasteiger partial charge in [-0.15, -0.1) is 0 Å². The number of aromatic nitrogens is 2. The smallest absolute Gasteiger partial charge is 0.251 e. The van der Waals surface area contributed by atoms with Crippen molar-refractivity contribution in [2.75, 3.05) is 51.8 Å². The lowest BCUT2D eigenvalue weighted by Crippen LogP contribution is -2.38. The van der Waals surface area contributed by atoms with Gasteiger partial charge in [0.25, 0.3) is 5.91 Å². The number of benzene rings is 2. The van der Waals surface area contributed by atoms with E-state index in [0.717, 1.165) is 55.7 Å². The minimum absolute atomic E-state index is 0.116. The molecule has 8 nitrogen and oxygen atoms in total. The molecule has 1 aliphatic rings. The number of aryl methyl sites for hydroxylation is 1. The molecule has 1 amide bonds. The van der Waals surface area contributed by atoms with Gasteiger partial charge in [-0.2, -0.15) is 0 Å². The van der Waals surface area contributed by atoms with Crippen molar-refractivity contribution >= 4 is 28.4 Å². The lowest BCUT2D eigenvalue weighted by Gasteiger charge is -2.26. The molecule has 0 radical (unpaired) electrons. The second kappa shape index (κ2) is 10.4. The Bertz CT molecular complexity index is 1080. The maximum atomic E-state index is 12.6. The number of carbonyl (C=O) groups is 1. The number of rotatable bonds is 8. The van der Waals surface area contributed by atoms with Crippen molar-refractivity contribution in [2.24, 2.45) is 0 Å². The van der Waals surface area contributed by atoms with Gasteiger partial charge in [0.2, 0.25) is 5.95 Å². The molecule has 2 aromatic carbocycles. The van der Waals surface area contributed by atoms with Gasteiger partial charge < -0.3 is 20.1 Å². The highest BCUT2D eigenvalue weighted by Crippen LogP contribution is 2.28. The fraction of sp³-hybridized carbons (Fsp3) is 0.375. The van der Waals surface area contributed by atoms with E-state index in [4.69, 9.17) is 9.47 Å². The first-order valence-corrected chi connectivity index (χ1v) is 10.9. The second-order valence-electron chi connectivity index (χ2n) is 7.81. The van der Waals surface area contributed by atoms with Crippen LogP contribution in [0.2, 0.25) is 0 Å². The van der Waals surface area contributed by atoms with Gasteiger partial charge in [-0.05, 0) is 43.7 Å². The van der Waals surface area contributed by atoms with Gasteiger partial charge in [0.1, 0.15) is 5.75 Å². The summed E-state index contributed by atoms with van der Waals surface area (Å²) in [5.74, 6) is 0.916. The van der Waals surface area contributed by atoms with Crippen molar-refractivity contribution in [1.29, 1.82) is 0 Å². The predicted molar refractivity (Wildman–Crippen MR) is 125 cm³/mol. The Balaban J connectivity index is 1.38. The molecular formula is C24H29N5O3. The molecular weight excluding hydrogens is 406 g/mol. The Kier molecular flexibility index (Phi) is 7.14. The van der Waals surface area contributed by atoms with E-state index >= 15 is 0 Å². The quantitative estimate of drug-likeness (QED) is 0.526. The zero-order valence-electron chi connectivity index (χ0n) is 18.6. The fourth-order valence-electron chi connectivity index (χ4n) is 3.75. The average Bonchev–Trinajstić information content (AvgIpc) is 2.83. The molecule has 0 atom stereocenters. The summed E-state index contributed by atoms with van der Waals surface area (Å²) in [7, 11) is 1.58. The Hall–Kier alpha value is -3.23. The molecule has 2 N–H and O–H groups in total. The molecule has 2 heterocycles. The van der Waals surface area contributed by atoms with E-state index in [1.54, 1.807) is 25.4 Å². The van der Waals surface area contributed by atoms with Crippen LogP contribution in [0.3, 0.4) is 0 Å². The zero-order chi connectivity index (χ0) is 22.3. The summed E-state index contributed by atoms with van der Waals surface area (Å²) < 4.78 is 10.9. The van der Waals surface area contributed by atoms with Gasteiger partial charge in [-0.1, -0.05) is 18.2 Å². The standard InChI is InChI=1S/C24H29N5O3/c1-17-5-3-6-19-16-26-24(28-22(17)19)27-20-8-7-18(15-21(20)31-2)23(30)25-9-4-10-29-11-13-32-14-12-29/h3,5-8,15-16H,4,9-14H2,1-2H3,(H,25,30)(H,26,27,28). The normalized spacial score (nSPS) is 14.3. The molecule has 1 fully saturated rings. The Morgan fingerprint density at radius 2 is 2.06 bits per heavy atom. The molecule has 8 heteroatoms. The van der Waals surface area contributed by atoms with Gasteiger partial charge in [0, 0.05) is 36.8 Å². The minimum atomic E-state index is -0.116. The van der Waals surface area contributed by atoms with Crippen LogP contribution < -0.4 is 15.4 Å². The summed E-state index contributed by atoms with van der Waals surface area (Å²) >= 11 is 0. The summed E-state index contributed by atoms with van der Waals surface area (Å²) in [5.41, 5.74) is 3.23. The zero-order valence-corrected chi connectivity index (χ0v) is 18.6. The number of para-hydroxylation sites is 1. The van der Waals surface area contributed by atoms with Crippen LogP contribution in [0.1, 0.15) is 22.3 Å². The van der Waals surface area contributed by atoms with Crippen LogP contribution in [0.5, 0.6) is 5.75 Å². The highest BCUT2D eigenvalue weighted by Gasteiger charge is 2.13. The molecule has 0 unspecified atom stereocenters. The average molecular weight is 436 g/mol. The number of morpholine rings is 1. The molecule has 4 rings (SSSR count). The molecule has 0 spiro atoms. The third-order valence-electron chi connectivity index (χ3n) is 5.56. The van der Waals surface area contributed by atoms with Crippen molar-refractivity contribution < 1.29 is 14.3 Å². The minimum Gasteiger partial charge on any atom is -0.495 e. The number of carbonyl (C=O) groups excluding carboxylic acids is 1. The number of hydrogen-bond acceptors (Lipinski definition) is 7.